The van der Waals surface area contributed by atoms with Crippen LogP contribution in [0.5, 0.6) is 0 Å². The molecule has 0 aliphatic rings. The highest BCUT2D eigenvalue weighted by Gasteiger charge is 1.65. The number of nitrogens with one attached hydrogen (secondary N) is 2. The van der Waals surface area contributed by atoms with Gasteiger partial charge < -0.3 is 10.7 Å². The molecule has 0 aromatic heterocycles. The lowest BCUT2D eigenvalue weighted by Crippen LogP contribution is -2.12. The van der Waals surface area contributed by atoms with Crippen molar-refractivity contribution in [3.8, 4) is 0 Å². The standard InChI is InChI=1S/C3H6N2O/c4-1-2-5-3-6/h1,3-4H,2H2,(H,5,6). The third-order valence-electron chi connectivity index (χ3n) is 0.303. The van der Waals surface area contributed by atoms with Gasteiger partial charge in [-0.15, -0.1) is 0 Å². The van der Waals surface area contributed by atoms with Gasteiger partial charge in [-0.25, -0.2) is 0 Å². The molecule has 0 rings (SSSR count). The SMILES string of the molecule is N=CCNC=O. The van der Waals surface area contributed by atoms with Crippen LogP contribution in [0.4, 0.5) is 0 Å². The molecule has 0 unspecified atom stereocenters. The summed E-state index contributed by atoms with van der Waals surface area (Å²) in [6, 6.07) is 0. The van der Waals surface area contributed by atoms with Crippen molar-refractivity contribution in [2.45, 2.75) is 0 Å². The van der Waals surface area contributed by atoms with E-state index in [1.165, 1.54) is 0 Å². The van der Waals surface area contributed by atoms with Gasteiger partial charge in [0, 0.05) is 6.21 Å². The zero-order valence-corrected chi connectivity index (χ0v) is 3.27. The van der Waals surface area contributed by atoms with Gasteiger partial charge in [-0.2, -0.15) is 0 Å². The summed E-state index contributed by atoms with van der Waals surface area (Å²) in [5.41, 5.74) is 0. The Morgan fingerprint density at radius 3 is 2.67 bits per heavy atom. The number of rotatable bonds is 3. The van der Waals surface area contributed by atoms with E-state index in [0.717, 1.165) is 6.21 Å². The zero-order chi connectivity index (χ0) is 4.83. The second-order valence-corrected chi connectivity index (χ2v) is 0.730. The van der Waals surface area contributed by atoms with Gasteiger partial charge in [-0.3, -0.25) is 4.79 Å². The van der Waals surface area contributed by atoms with Crippen molar-refractivity contribution < 1.29 is 4.79 Å². The number of hydrogen-bond acceptors (Lipinski definition) is 2. The molecular formula is C3H6N2O. The molecule has 6 heavy (non-hydrogen) atoms. The first-order valence-electron chi connectivity index (χ1n) is 1.57. The van der Waals surface area contributed by atoms with Crippen LogP contribution in [0.15, 0.2) is 0 Å². The minimum Gasteiger partial charge on any atom is -0.354 e. The van der Waals surface area contributed by atoms with Crippen molar-refractivity contribution in [3.63, 3.8) is 0 Å². The molecule has 0 bridgehead atoms. The largest absolute Gasteiger partial charge is 0.354 e. The van der Waals surface area contributed by atoms with Crippen LogP contribution >= 0.6 is 0 Å². The van der Waals surface area contributed by atoms with Crippen LogP contribution in [-0.4, -0.2) is 19.2 Å². The van der Waals surface area contributed by atoms with Crippen LogP contribution in [-0.2, 0) is 4.79 Å². The van der Waals surface area contributed by atoms with E-state index in [9.17, 15) is 4.79 Å². The van der Waals surface area contributed by atoms with Gasteiger partial charge in [0.25, 0.3) is 0 Å². The molecule has 0 fully saturated rings. The van der Waals surface area contributed by atoms with Crippen LogP contribution in [0.25, 0.3) is 0 Å². The summed E-state index contributed by atoms with van der Waals surface area (Å²) in [6.45, 7) is 0.337. The summed E-state index contributed by atoms with van der Waals surface area (Å²) in [5, 5.41) is 8.63. The van der Waals surface area contributed by atoms with Crippen molar-refractivity contribution in [2.75, 3.05) is 6.54 Å². The first-order valence-corrected chi connectivity index (χ1v) is 1.57. The van der Waals surface area contributed by atoms with E-state index >= 15 is 0 Å². The first kappa shape index (κ1) is 5.14. The highest BCUT2D eigenvalue weighted by molar-refractivity contribution is 5.60. The van der Waals surface area contributed by atoms with E-state index in [4.69, 9.17) is 5.41 Å². The van der Waals surface area contributed by atoms with Crippen LogP contribution < -0.4 is 5.32 Å². The van der Waals surface area contributed by atoms with E-state index in [-0.39, 0.29) is 0 Å². The van der Waals surface area contributed by atoms with E-state index in [1.54, 1.807) is 0 Å². The molecule has 0 radical (unpaired) electrons. The zero-order valence-electron chi connectivity index (χ0n) is 3.27. The van der Waals surface area contributed by atoms with Crippen molar-refractivity contribution in [1.29, 1.82) is 5.41 Å². The molecule has 0 spiro atoms. The molecule has 0 saturated carbocycles. The Kier molecular flexibility index (Phi) is 3.55. The van der Waals surface area contributed by atoms with Gasteiger partial charge in [0.1, 0.15) is 0 Å². The topological polar surface area (TPSA) is 53.0 Å². The quantitative estimate of drug-likeness (QED) is 0.268. The van der Waals surface area contributed by atoms with Gasteiger partial charge in [-0.05, 0) is 0 Å². The molecular weight excluding hydrogens is 80.0 g/mol. The molecule has 0 saturated heterocycles. The highest BCUT2D eigenvalue weighted by atomic mass is 16.1. The molecule has 3 heteroatoms. The number of amides is 1. The molecule has 0 heterocycles. The summed E-state index contributed by atoms with van der Waals surface area (Å²) in [6.07, 6.45) is 1.68. The molecule has 0 aliphatic carbocycles. The monoisotopic (exact) mass is 86.0 g/mol. The summed E-state index contributed by atoms with van der Waals surface area (Å²) < 4.78 is 0. The molecule has 1 amide bonds. The maximum atomic E-state index is 9.35. The van der Waals surface area contributed by atoms with Crippen molar-refractivity contribution >= 4 is 12.6 Å². The fourth-order valence-electron chi connectivity index (χ4n) is 0.107. The Balaban J connectivity index is 2.66. The first-order chi connectivity index (χ1) is 2.91. The Morgan fingerprint density at radius 2 is 2.50 bits per heavy atom. The molecule has 0 atom stereocenters. The van der Waals surface area contributed by atoms with Gasteiger partial charge in [0.2, 0.25) is 6.41 Å². The van der Waals surface area contributed by atoms with Gasteiger partial charge in [0.15, 0.2) is 0 Å². The van der Waals surface area contributed by atoms with E-state index in [0.29, 0.717) is 13.0 Å². The molecule has 34 valence electrons. The van der Waals surface area contributed by atoms with E-state index < -0.39 is 0 Å². The van der Waals surface area contributed by atoms with Gasteiger partial charge in [0.05, 0.1) is 6.54 Å². The van der Waals surface area contributed by atoms with E-state index in [1.807, 2.05) is 0 Å². The second-order valence-electron chi connectivity index (χ2n) is 0.730. The average molecular weight is 86.1 g/mol. The molecule has 0 aliphatic heterocycles. The molecule has 2 N–H and O–H groups in total. The fraction of sp³-hybridized carbons (Fsp3) is 0.333. The Morgan fingerprint density at radius 1 is 1.83 bits per heavy atom. The Bertz CT molecular complexity index is 44.8. The normalized spacial score (nSPS) is 6.67. The van der Waals surface area contributed by atoms with Crippen LogP contribution in [0.2, 0.25) is 0 Å². The van der Waals surface area contributed by atoms with Crippen LogP contribution in [0.1, 0.15) is 0 Å². The van der Waals surface area contributed by atoms with Crippen molar-refractivity contribution in [2.24, 2.45) is 0 Å². The van der Waals surface area contributed by atoms with Crippen molar-refractivity contribution in [3.05, 3.63) is 0 Å². The number of carbonyl (C=O) groups is 1. The number of hydrogen-bond donors (Lipinski definition) is 2. The maximum absolute atomic E-state index is 9.35. The smallest absolute Gasteiger partial charge is 0.207 e. The summed E-state index contributed by atoms with van der Waals surface area (Å²) >= 11 is 0. The lowest BCUT2D eigenvalue weighted by Gasteiger charge is -1.80. The third kappa shape index (κ3) is 3.14. The van der Waals surface area contributed by atoms with Gasteiger partial charge >= 0.3 is 0 Å². The van der Waals surface area contributed by atoms with E-state index in [2.05, 4.69) is 5.32 Å². The summed E-state index contributed by atoms with van der Waals surface area (Å²) in [5.74, 6) is 0. The van der Waals surface area contributed by atoms with Crippen LogP contribution in [0, 0.1) is 5.41 Å². The maximum Gasteiger partial charge on any atom is 0.207 e. The Hall–Kier alpha value is -0.860. The predicted octanol–water partition coefficient (Wildman–Crippen LogP) is -0.618. The van der Waals surface area contributed by atoms with Crippen molar-refractivity contribution in [1.82, 2.24) is 5.32 Å². The molecule has 0 aromatic carbocycles. The lowest BCUT2D eigenvalue weighted by molar-refractivity contribution is -0.109. The third-order valence-corrected chi connectivity index (χ3v) is 0.303. The highest BCUT2D eigenvalue weighted by Crippen LogP contribution is 1.36. The minimum absolute atomic E-state index is 0.337. The Labute approximate surface area is 35.9 Å². The second kappa shape index (κ2) is 4.14. The fourth-order valence-corrected chi connectivity index (χ4v) is 0.107. The number of carbonyl (C=O) groups excluding carboxylic acids is 1. The molecule has 3 nitrogen and oxygen atoms in total. The summed E-state index contributed by atoms with van der Waals surface area (Å²) in [7, 11) is 0. The minimum atomic E-state index is 0.337. The average Bonchev–Trinajstić information content (AvgIpc) is 1.61. The lowest BCUT2D eigenvalue weighted by atomic mass is 10.7. The molecule has 0 aromatic rings. The van der Waals surface area contributed by atoms with Crippen LogP contribution in [0.3, 0.4) is 0 Å². The van der Waals surface area contributed by atoms with Gasteiger partial charge in [-0.1, -0.05) is 0 Å². The summed E-state index contributed by atoms with van der Waals surface area (Å²) in [4.78, 5) is 9.35. The predicted molar refractivity (Wildman–Crippen MR) is 22.9 cm³/mol.